The third kappa shape index (κ3) is 10.8. The zero-order valence-electron chi connectivity index (χ0n) is 30.0. The molecule has 0 spiro atoms. The molecular formula is C35H44ClN7O9. The van der Waals surface area contributed by atoms with Crippen molar-refractivity contribution >= 4 is 52.8 Å². The Labute approximate surface area is 305 Å². The standard InChI is InChI=1S/C17H19ClN4O3.C13H18N2O3.C5H7NO3/c1-17(2,3)14-7-11(25-21-14)6-13(23)12-4-5-15(24)22(12)16-19-8-10(18)9-20-16;1-13(2,3)11-7-8(18-15-11)6-10(16)9-4-5-12(17)14-9;7-4-2-1-3(6-4)5(8)9/h7-9,12H,4-6H2,1-3H3;7,9H,4-6H2,1-3H3,(H,14,17);3H,1-2H2,(H,6,7)(H,8,9)/t12-;9-;3-/m000/s1. The van der Waals surface area contributed by atoms with Crippen LogP contribution in [0.3, 0.4) is 0 Å². The number of nitrogens with zero attached hydrogens (tertiary/aromatic N) is 5. The Morgan fingerprint density at radius 2 is 1.27 bits per heavy atom. The Kier molecular flexibility index (Phi) is 12.7. The van der Waals surface area contributed by atoms with E-state index in [2.05, 4.69) is 30.9 Å². The lowest BCUT2D eigenvalue weighted by Crippen LogP contribution is -2.40. The van der Waals surface area contributed by atoms with Crippen molar-refractivity contribution in [1.29, 1.82) is 0 Å². The van der Waals surface area contributed by atoms with Crippen molar-refractivity contribution in [2.45, 2.75) is 122 Å². The van der Waals surface area contributed by atoms with Gasteiger partial charge in [0.15, 0.2) is 11.6 Å². The number of nitrogens with one attached hydrogen (secondary N) is 2. The molecule has 0 aromatic carbocycles. The number of aromatic nitrogens is 4. The average Bonchev–Trinajstić information content (AvgIpc) is 3.89. The van der Waals surface area contributed by atoms with Crippen LogP contribution in [0.25, 0.3) is 0 Å². The summed E-state index contributed by atoms with van der Waals surface area (Å²) in [5, 5.41) is 21.7. The van der Waals surface area contributed by atoms with E-state index in [0.29, 0.717) is 48.6 Å². The van der Waals surface area contributed by atoms with E-state index >= 15 is 0 Å². The van der Waals surface area contributed by atoms with Gasteiger partial charge >= 0.3 is 5.97 Å². The lowest BCUT2D eigenvalue weighted by molar-refractivity contribution is -0.140. The Morgan fingerprint density at radius 3 is 1.67 bits per heavy atom. The van der Waals surface area contributed by atoms with Gasteiger partial charge in [0.1, 0.15) is 17.6 Å². The minimum Gasteiger partial charge on any atom is -0.480 e. The van der Waals surface area contributed by atoms with Gasteiger partial charge in [-0.05, 0) is 19.3 Å². The molecule has 3 aromatic heterocycles. The van der Waals surface area contributed by atoms with E-state index in [1.807, 2.05) is 47.6 Å². The molecule has 280 valence electrons. The van der Waals surface area contributed by atoms with Gasteiger partial charge in [0.25, 0.3) is 0 Å². The number of anilines is 1. The summed E-state index contributed by atoms with van der Waals surface area (Å²) in [5.41, 5.74) is 1.38. The molecule has 3 atom stereocenters. The van der Waals surface area contributed by atoms with Crippen molar-refractivity contribution in [3.63, 3.8) is 0 Å². The van der Waals surface area contributed by atoms with Crippen LogP contribution in [0.4, 0.5) is 5.95 Å². The maximum absolute atomic E-state index is 12.7. The van der Waals surface area contributed by atoms with E-state index in [-0.39, 0.29) is 71.4 Å². The molecule has 16 nitrogen and oxygen atoms in total. The quantitative estimate of drug-likeness (QED) is 0.301. The predicted octanol–water partition coefficient (Wildman–Crippen LogP) is 3.43. The van der Waals surface area contributed by atoms with Crippen molar-refractivity contribution in [3.05, 3.63) is 52.5 Å². The van der Waals surface area contributed by atoms with Crippen LogP contribution in [0.2, 0.25) is 5.02 Å². The van der Waals surface area contributed by atoms with Crippen molar-refractivity contribution < 1.29 is 42.9 Å². The lowest BCUT2D eigenvalue weighted by atomic mass is 9.92. The molecule has 3 fully saturated rings. The number of ketones is 2. The Morgan fingerprint density at radius 1 is 0.788 bits per heavy atom. The Hall–Kier alpha value is -4.99. The van der Waals surface area contributed by atoms with Crippen molar-refractivity contribution in [1.82, 2.24) is 30.9 Å². The summed E-state index contributed by atoms with van der Waals surface area (Å²) < 4.78 is 10.4. The van der Waals surface area contributed by atoms with Gasteiger partial charge in [0.05, 0.1) is 53.7 Å². The molecule has 0 radical (unpaired) electrons. The zero-order chi connectivity index (χ0) is 38.4. The van der Waals surface area contributed by atoms with Crippen LogP contribution in [0.1, 0.15) is 103 Å². The largest absolute Gasteiger partial charge is 0.480 e. The van der Waals surface area contributed by atoms with Crippen LogP contribution < -0.4 is 15.5 Å². The van der Waals surface area contributed by atoms with Crippen molar-refractivity contribution in [3.8, 4) is 0 Å². The highest BCUT2D eigenvalue weighted by Crippen LogP contribution is 2.27. The summed E-state index contributed by atoms with van der Waals surface area (Å²) in [4.78, 5) is 77.8. The normalized spacial score (nSPS) is 20.0. The van der Waals surface area contributed by atoms with Crippen LogP contribution in [-0.4, -0.2) is 78.8 Å². The molecule has 52 heavy (non-hydrogen) atoms. The van der Waals surface area contributed by atoms with E-state index in [0.717, 1.165) is 11.4 Å². The van der Waals surface area contributed by atoms with Crippen molar-refractivity contribution in [2.75, 3.05) is 4.90 Å². The molecule has 3 aliphatic heterocycles. The molecular weight excluding hydrogens is 698 g/mol. The van der Waals surface area contributed by atoms with E-state index in [4.69, 9.17) is 25.8 Å². The smallest absolute Gasteiger partial charge is 0.326 e. The second-order valence-corrected chi connectivity index (χ2v) is 15.3. The van der Waals surface area contributed by atoms with Gasteiger partial charge in [0, 0.05) is 42.2 Å². The van der Waals surface area contributed by atoms with Gasteiger partial charge in [-0.3, -0.25) is 28.9 Å². The van der Waals surface area contributed by atoms with Crippen molar-refractivity contribution in [2.24, 2.45) is 0 Å². The molecule has 6 rings (SSSR count). The second-order valence-electron chi connectivity index (χ2n) is 14.8. The zero-order valence-corrected chi connectivity index (χ0v) is 30.8. The molecule has 0 bridgehead atoms. The molecule has 17 heteroatoms. The third-order valence-electron chi connectivity index (χ3n) is 8.43. The van der Waals surface area contributed by atoms with Gasteiger partial charge in [-0.15, -0.1) is 0 Å². The summed E-state index contributed by atoms with van der Waals surface area (Å²) in [6, 6.07) is 2.00. The van der Waals surface area contributed by atoms with Gasteiger partial charge in [0.2, 0.25) is 23.7 Å². The number of halogens is 1. The summed E-state index contributed by atoms with van der Waals surface area (Å²) in [6.45, 7) is 12.2. The Bertz CT molecular complexity index is 1790. The van der Waals surface area contributed by atoms with Gasteiger partial charge in [-0.25, -0.2) is 14.8 Å². The fourth-order valence-corrected chi connectivity index (χ4v) is 5.51. The summed E-state index contributed by atoms with van der Waals surface area (Å²) in [7, 11) is 0. The van der Waals surface area contributed by atoms with Gasteiger partial charge < -0.3 is 24.8 Å². The fraction of sp³-hybridized carbons (Fsp3) is 0.543. The van der Waals surface area contributed by atoms with Crippen LogP contribution in [-0.2, 0) is 52.4 Å². The topological polar surface area (TPSA) is 228 Å². The van der Waals surface area contributed by atoms with Crippen LogP contribution in [0, 0.1) is 0 Å². The summed E-state index contributed by atoms with van der Waals surface area (Å²) in [5.74, 6) is -0.229. The first-order chi connectivity index (χ1) is 24.3. The van der Waals surface area contributed by atoms with Crippen LogP contribution in [0.5, 0.6) is 0 Å². The minimum atomic E-state index is -0.944. The summed E-state index contributed by atoms with van der Waals surface area (Å²) in [6.07, 6.45) is 5.57. The molecule has 3 N–H and O–H groups in total. The summed E-state index contributed by atoms with van der Waals surface area (Å²) >= 11 is 5.79. The van der Waals surface area contributed by atoms with E-state index < -0.39 is 18.1 Å². The molecule has 0 unspecified atom stereocenters. The first-order valence-corrected chi connectivity index (χ1v) is 17.3. The van der Waals surface area contributed by atoms with E-state index in [1.165, 1.54) is 17.3 Å². The maximum Gasteiger partial charge on any atom is 0.326 e. The molecule has 3 aromatic rings. The number of Topliss-reactive ketones (excluding diaryl/α,β-unsaturated/α-hetero) is 2. The number of carbonyl (C=O) groups excluding carboxylic acids is 5. The number of carbonyl (C=O) groups is 6. The first kappa shape index (κ1) is 39.8. The molecule has 3 saturated heterocycles. The highest BCUT2D eigenvalue weighted by atomic mass is 35.5. The highest BCUT2D eigenvalue weighted by Gasteiger charge is 2.39. The fourth-order valence-electron chi connectivity index (χ4n) is 5.41. The molecule has 6 heterocycles. The average molecular weight is 742 g/mol. The lowest BCUT2D eigenvalue weighted by Gasteiger charge is -2.21. The number of aliphatic carboxylic acids is 1. The molecule has 0 aliphatic carbocycles. The number of hydrogen-bond acceptors (Lipinski definition) is 12. The highest BCUT2D eigenvalue weighted by molar-refractivity contribution is 6.30. The second kappa shape index (κ2) is 16.6. The van der Waals surface area contributed by atoms with Crippen LogP contribution in [0.15, 0.2) is 33.6 Å². The third-order valence-corrected chi connectivity index (χ3v) is 8.63. The maximum atomic E-state index is 12.7. The van der Waals surface area contributed by atoms with Gasteiger partial charge in [-0.2, -0.15) is 0 Å². The Balaban J connectivity index is 0.000000194. The number of hydrogen-bond donors (Lipinski definition) is 3. The molecule has 3 aliphatic rings. The SMILES string of the molecule is CC(C)(C)c1cc(CC(=O)[C@@H]2CCC(=O)N2)on1.CC(C)(C)c1cc(CC(=O)[C@@H]2CCC(=O)N2c2ncc(Cl)cn2)on1.O=C1CC[C@@H](C(=O)O)N1. The molecule has 3 amide bonds. The number of amides is 3. The van der Waals surface area contributed by atoms with Gasteiger partial charge in [-0.1, -0.05) is 63.5 Å². The number of rotatable bonds is 8. The van der Waals surface area contributed by atoms with E-state index in [1.54, 1.807) is 6.07 Å². The first-order valence-electron chi connectivity index (χ1n) is 16.9. The minimum absolute atomic E-state index is 0.0162. The van der Waals surface area contributed by atoms with Crippen LogP contribution >= 0.6 is 11.6 Å². The monoisotopic (exact) mass is 741 g/mol. The van der Waals surface area contributed by atoms with E-state index in [9.17, 15) is 28.8 Å². The number of carboxylic acids is 1. The predicted molar refractivity (Wildman–Crippen MR) is 185 cm³/mol. The molecule has 0 saturated carbocycles. The number of carboxylic acid groups (broad SMARTS) is 1.